The number of hydrogen-bond acceptors (Lipinski definition) is 6. The summed E-state index contributed by atoms with van der Waals surface area (Å²) in [6.07, 6.45) is 2.81. The van der Waals surface area contributed by atoms with Crippen molar-refractivity contribution in [1.82, 2.24) is 29.6 Å². The molecule has 0 unspecified atom stereocenters. The van der Waals surface area contributed by atoms with Gasteiger partial charge in [0.1, 0.15) is 5.56 Å². The predicted octanol–water partition coefficient (Wildman–Crippen LogP) is 1.49. The molecule has 1 atom stereocenters. The summed E-state index contributed by atoms with van der Waals surface area (Å²) in [7, 11) is -1.72. The largest absolute Gasteiger partial charge is 0.348 e. The number of rotatable bonds is 8. The fraction of sp³-hybridized carbons (Fsp3) is 0.333. The van der Waals surface area contributed by atoms with Crippen LogP contribution in [-0.4, -0.2) is 51.7 Å². The van der Waals surface area contributed by atoms with E-state index < -0.39 is 27.5 Å². The SMILES string of the molecule is C[C@@H](CNS(=O)(=O)C1CC1)NC(=O)c1cc(-c2ccc(Cl)cc2)nn(-c2ccnn2C)c1=O. The lowest BCUT2D eigenvalue weighted by Gasteiger charge is -2.16. The number of nitrogens with zero attached hydrogens (tertiary/aromatic N) is 4. The molecule has 0 radical (unpaired) electrons. The maximum atomic E-state index is 13.2. The summed E-state index contributed by atoms with van der Waals surface area (Å²) in [6.45, 7) is 1.68. The third-order valence-corrected chi connectivity index (χ3v) is 7.41. The molecular weight excluding hydrogens is 468 g/mol. The van der Waals surface area contributed by atoms with Crippen molar-refractivity contribution in [2.24, 2.45) is 7.05 Å². The molecule has 12 heteroatoms. The molecule has 1 amide bonds. The van der Waals surface area contributed by atoms with Gasteiger partial charge in [0, 0.05) is 36.3 Å². The van der Waals surface area contributed by atoms with Crippen molar-refractivity contribution in [3.05, 3.63) is 63.5 Å². The second-order valence-corrected chi connectivity index (χ2v) is 10.4. The minimum atomic E-state index is -3.38. The number of nitrogens with one attached hydrogen (secondary N) is 2. The predicted molar refractivity (Wildman–Crippen MR) is 124 cm³/mol. The Kier molecular flexibility index (Phi) is 6.37. The van der Waals surface area contributed by atoms with E-state index in [2.05, 4.69) is 20.2 Å². The normalized spacial score (nSPS) is 14.8. The number of sulfonamides is 1. The number of carbonyl (C=O) groups is 1. The zero-order chi connectivity index (χ0) is 23.8. The molecule has 33 heavy (non-hydrogen) atoms. The molecule has 4 rings (SSSR count). The fourth-order valence-electron chi connectivity index (χ4n) is 3.24. The number of carbonyl (C=O) groups excluding carboxylic acids is 1. The highest BCUT2D eigenvalue weighted by atomic mass is 35.5. The molecule has 0 spiro atoms. The Morgan fingerprint density at radius 2 is 1.94 bits per heavy atom. The van der Waals surface area contributed by atoms with Crippen LogP contribution in [0.3, 0.4) is 0 Å². The Bertz CT molecular complexity index is 1350. The van der Waals surface area contributed by atoms with Crippen LogP contribution in [0.1, 0.15) is 30.1 Å². The van der Waals surface area contributed by atoms with Gasteiger partial charge >= 0.3 is 0 Å². The average Bonchev–Trinajstić information content (AvgIpc) is 3.56. The summed E-state index contributed by atoms with van der Waals surface area (Å²) in [5, 5.41) is 11.4. The van der Waals surface area contributed by atoms with Crippen molar-refractivity contribution >= 4 is 27.5 Å². The average molecular weight is 491 g/mol. The quantitative estimate of drug-likeness (QED) is 0.492. The van der Waals surface area contributed by atoms with Crippen LogP contribution >= 0.6 is 11.6 Å². The van der Waals surface area contributed by atoms with Gasteiger partial charge in [0.05, 0.1) is 17.1 Å². The Hall–Kier alpha value is -3.02. The summed E-state index contributed by atoms with van der Waals surface area (Å²) in [5.74, 6) is -0.248. The van der Waals surface area contributed by atoms with Crippen molar-refractivity contribution in [3.63, 3.8) is 0 Å². The highest BCUT2D eigenvalue weighted by Crippen LogP contribution is 2.27. The molecule has 1 saturated carbocycles. The zero-order valence-corrected chi connectivity index (χ0v) is 19.6. The van der Waals surface area contributed by atoms with Crippen molar-refractivity contribution in [1.29, 1.82) is 0 Å². The molecule has 2 aromatic heterocycles. The van der Waals surface area contributed by atoms with Gasteiger partial charge in [-0.2, -0.15) is 14.9 Å². The van der Waals surface area contributed by atoms with Crippen LogP contribution in [0.25, 0.3) is 17.1 Å². The number of aryl methyl sites for hydroxylation is 1. The molecular formula is C21H23ClN6O4S. The van der Waals surface area contributed by atoms with Crippen molar-refractivity contribution in [3.8, 4) is 17.1 Å². The zero-order valence-electron chi connectivity index (χ0n) is 18.0. The standard InChI is InChI=1S/C21H23ClN6O4S/c1-13(12-24-33(31,32)16-7-8-16)25-20(29)17-11-18(14-3-5-15(22)6-4-14)26-28(21(17)30)19-9-10-23-27(19)2/h3-6,9-11,13,16,24H,7-8,12H2,1-2H3,(H,25,29)/t13-/m0/s1. The van der Waals surface area contributed by atoms with E-state index in [9.17, 15) is 18.0 Å². The van der Waals surface area contributed by atoms with Gasteiger partial charge in [-0.3, -0.25) is 14.3 Å². The third-order valence-electron chi connectivity index (χ3n) is 5.24. The summed E-state index contributed by atoms with van der Waals surface area (Å²) in [6, 6.07) is 9.32. The third kappa shape index (κ3) is 5.15. The summed E-state index contributed by atoms with van der Waals surface area (Å²) in [4.78, 5) is 26.2. The highest BCUT2D eigenvalue weighted by molar-refractivity contribution is 7.90. The van der Waals surface area contributed by atoms with Gasteiger partial charge in [-0.15, -0.1) is 0 Å². The first-order valence-electron chi connectivity index (χ1n) is 10.3. The smallest absolute Gasteiger partial charge is 0.285 e. The van der Waals surface area contributed by atoms with Crippen LogP contribution in [0.2, 0.25) is 5.02 Å². The number of halogens is 1. The molecule has 1 aliphatic carbocycles. The summed E-state index contributed by atoms with van der Waals surface area (Å²) < 4.78 is 29.2. The van der Waals surface area contributed by atoms with E-state index in [1.165, 1.54) is 16.9 Å². The number of benzene rings is 1. The van der Waals surface area contributed by atoms with Gasteiger partial charge in [-0.25, -0.2) is 13.1 Å². The van der Waals surface area contributed by atoms with Gasteiger partial charge in [0.15, 0.2) is 5.82 Å². The number of hydrogen-bond donors (Lipinski definition) is 2. The number of amides is 1. The molecule has 0 bridgehead atoms. The molecule has 1 fully saturated rings. The van der Waals surface area contributed by atoms with E-state index >= 15 is 0 Å². The molecule has 2 heterocycles. The van der Waals surface area contributed by atoms with E-state index in [1.54, 1.807) is 44.3 Å². The Morgan fingerprint density at radius 1 is 1.24 bits per heavy atom. The van der Waals surface area contributed by atoms with Gasteiger partial charge in [0.25, 0.3) is 11.5 Å². The van der Waals surface area contributed by atoms with E-state index in [0.717, 1.165) is 4.68 Å². The number of aromatic nitrogens is 4. The van der Waals surface area contributed by atoms with Gasteiger partial charge in [0.2, 0.25) is 10.0 Å². The molecule has 2 N–H and O–H groups in total. The first-order chi connectivity index (χ1) is 15.7. The molecule has 3 aromatic rings. The van der Waals surface area contributed by atoms with E-state index in [4.69, 9.17) is 11.6 Å². The molecule has 1 aromatic carbocycles. The molecule has 1 aliphatic rings. The van der Waals surface area contributed by atoms with Crippen LogP contribution < -0.4 is 15.6 Å². The minimum Gasteiger partial charge on any atom is -0.348 e. The Morgan fingerprint density at radius 3 is 2.55 bits per heavy atom. The maximum Gasteiger partial charge on any atom is 0.285 e. The maximum absolute atomic E-state index is 13.2. The summed E-state index contributed by atoms with van der Waals surface area (Å²) >= 11 is 5.98. The molecule has 0 aliphatic heterocycles. The Balaban J connectivity index is 1.65. The molecule has 174 valence electrons. The van der Waals surface area contributed by atoms with Crippen molar-refractivity contribution in [2.75, 3.05) is 6.54 Å². The van der Waals surface area contributed by atoms with Crippen LogP contribution in [0.15, 0.2) is 47.4 Å². The van der Waals surface area contributed by atoms with E-state index in [1.807, 2.05) is 0 Å². The van der Waals surface area contributed by atoms with Crippen LogP contribution in [0.4, 0.5) is 0 Å². The molecule has 0 saturated heterocycles. The van der Waals surface area contributed by atoms with Gasteiger partial charge < -0.3 is 5.32 Å². The first kappa shape index (κ1) is 23.1. The minimum absolute atomic E-state index is 0.0234. The molecule has 10 nitrogen and oxygen atoms in total. The van der Waals surface area contributed by atoms with Crippen LogP contribution in [0.5, 0.6) is 0 Å². The monoisotopic (exact) mass is 490 g/mol. The highest BCUT2D eigenvalue weighted by Gasteiger charge is 2.35. The van der Waals surface area contributed by atoms with E-state index in [-0.39, 0.29) is 17.4 Å². The Labute approximate surface area is 195 Å². The van der Waals surface area contributed by atoms with Crippen LogP contribution in [-0.2, 0) is 17.1 Å². The lowest BCUT2D eigenvalue weighted by molar-refractivity contribution is 0.0938. The summed E-state index contributed by atoms with van der Waals surface area (Å²) in [5.41, 5.74) is 0.293. The van der Waals surface area contributed by atoms with Crippen molar-refractivity contribution in [2.45, 2.75) is 31.1 Å². The first-order valence-corrected chi connectivity index (χ1v) is 12.3. The second kappa shape index (κ2) is 9.08. The second-order valence-electron chi connectivity index (χ2n) is 7.95. The van der Waals surface area contributed by atoms with Gasteiger partial charge in [-0.1, -0.05) is 23.7 Å². The fourth-order valence-corrected chi connectivity index (χ4v) is 4.84. The van der Waals surface area contributed by atoms with E-state index in [0.29, 0.717) is 34.9 Å². The van der Waals surface area contributed by atoms with Crippen LogP contribution in [0, 0.1) is 0 Å². The lowest BCUT2D eigenvalue weighted by Crippen LogP contribution is -2.44. The van der Waals surface area contributed by atoms with Crippen molar-refractivity contribution < 1.29 is 13.2 Å². The van der Waals surface area contributed by atoms with Gasteiger partial charge in [-0.05, 0) is 38.0 Å². The lowest BCUT2D eigenvalue weighted by atomic mass is 10.1. The topological polar surface area (TPSA) is 128 Å².